The number of hydrogen-bond acceptors (Lipinski definition) is 0. The summed E-state index contributed by atoms with van der Waals surface area (Å²) in [5, 5.41) is -0.612. The number of alkyl halides is 8. The minimum atomic E-state index is -1.71. The molecule has 120 valence electrons. The molecule has 0 bridgehead atoms. The fourth-order valence-electron chi connectivity index (χ4n) is 2.69. The first kappa shape index (κ1) is 19.5. The van der Waals surface area contributed by atoms with Crippen LogP contribution in [-0.2, 0) is 0 Å². The predicted molar refractivity (Wildman–Crippen MR) is 103 cm³/mol. The Labute approximate surface area is 171 Å². The van der Waals surface area contributed by atoms with Crippen molar-refractivity contribution in [2.75, 3.05) is 0 Å². The van der Waals surface area contributed by atoms with Gasteiger partial charge in [0.05, 0.1) is 5.38 Å². The highest BCUT2D eigenvalue weighted by molar-refractivity contribution is 9.25. The molecule has 2 unspecified atom stereocenters. The Morgan fingerprint density at radius 2 is 1.48 bits per heavy atom. The molecule has 0 saturated heterocycles. The van der Waals surface area contributed by atoms with Gasteiger partial charge in [-0.05, 0) is 19.3 Å². The number of halogens is 8. The van der Waals surface area contributed by atoms with Crippen molar-refractivity contribution in [2.45, 2.75) is 41.4 Å². The van der Waals surface area contributed by atoms with E-state index in [9.17, 15) is 0 Å². The average Bonchev–Trinajstić information content (AvgIpc) is 2.89. The van der Waals surface area contributed by atoms with E-state index in [-0.39, 0.29) is 5.92 Å². The molecule has 8 heteroatoms. The zero-order valence-electron chi connectivity index (χ0n) is 10.6. The molecule has 2 atom stereocenters. The Hall–Kier alpha value is 2.18. The van der Waals surface area contributed by atoms with Crippen molar-refractivity contribution in [3.63, 3.8) is 0 Å². The van der Waals surface area contributed by atoms with Crippen molar-refractivity contribution in [3.05, 3.63) is 24.3 Å². The molecule has 0 amide bonds. The van der Waals surface area contributed by atoms with Gasteiger partial charge < -0.3 is 0 Å². The van der Waals surface area contributed by atoms with Crippen molar-refractivity contribution in [1.82, 2.24) is 0 Å². The lowest BCUT2D eigenvalue weighted by atomic mass is 9.79. The van der Waals surface area contributed by atoms with Crippen LogP contribution in [0.1, 0.15) is 19.3 Å². The van der Waals surface area contributed by atoms with Gasteiger partial charge in [0.1, 0.15) is 8.11 Å². The second-order valence-corrected chi connectivity index (χ2v) is 12.9. The maximum absolute atomic E-state index is 7.00. The Balaban J connectivity index is 2.63. The number of allylic oxidation sites excluding steroid dienone is 4. The van der Waals surface area contributed by atoms with Crippen LogP contribution in [0, 0.1) is 5.92 Å². The monoisotopic (exact) mass is 536 g/mol. The number of rotatable bonds is 1. The quantitative estimate of drug-likeness (QED) is 0.306. The van der Waals surface area contributed by atoms with Crippen LogP contribution >= 0.6 is 101 Å². The van der Waals surface area contributed by atoms with E-state index in [0.717, 1.165) is 6.42 Å². The molecule has 0 spiro atoms. The SMILES string of the molecule is ClC1CCCC(Br)(Br)C(Cl)(C2C=CC=C2)C(Cl)(Cl)C1(Cl)Cl. The summed E-state index contributed by atoms with van der Waals surface area (Å²) < 4.78 is -4.08. The van der Waals surface area contributed by atoms with Crippen molar-refractivity contribution < 1.29 is 0 Å². The van der Waals surface area contributed by atoms with Gasteiger partial charge in [-0.2, -0.15) is 0 Å². The average molecular weight is 541 g/mol. The Morgan fingerprint density at radius 1 is 0.952 bits per heavy atom. The Kier molecular flexibility index (Phi) is 6.02. The van der Waals surface area contributed by atoms with Crippen LogP contribution in [0.3, 0.4) is 0 Å². The summed E-state index contributed by atoms with van der Waals surface area (Å²) in [4.78, 5) is -1.25. The highest BCUT2D eigenvalue weighted by Gasteiger charge is 2.71. The standard InChI is InChI=1S/C13H12Br2Cl6/c14-10(15)7-3-6-9(16)12(18,19)13(20,21)11(10,17)8-4-1-2-5-8/h1-2,4-5,8-9H,3,6-7H2. The summed E-state index contributed by atoms with van der Waals surface area (Å²) >= 11 is 46.9. The lowest BCUT2D eigenvalue weighted by Gasteiger charge is -2.55. The maximum atomic E-state index is 7.00. The molecule has 0 nitrogen and oxygen atoms in total. The molecule has 0 N–H and O–H groups in total. The van der Waals surface area contributed by atoms with Crippen LogP contribution in [0.5, 0.6) is 0 Å². The van der Waals surface area contributed by atoms with Crippen molar-refractivity contribution in [3.8, 4) is 0 Å². The summed E-state index contributed by atoms with van der Waals surface area (Å²) in [5.74, 6) is -0.258. The Morgan fingerprint density at radius 3 is 2.00 bits per heavy atom. The van der Waals surface area contributed by atoms with Gasteiger partial charge in [0.15, 0.2) is 8.67 Å². The van der Waals surface area contributed by atoms with Crippen LogP contribution in [0.4, 0.5) is 0 Å². The van der Waals surface area contributed by atoms with E-state index in [2.05, 4.69) is 31.9 Å². The van der Waals surface area contributed by atoms with Gasteiger partial charge in [-0.15, -0.1) is 23.2 Å². The van der Waals surface area contributed by atoms with Gasteiger partial charge in [0, 0.05) is 5.92 Å². The molecule has 21 heavy (non-hydrogen) atoms. The van der Waals surface area contributed by atoms with E-state index in [1.807, 2.05) is 24.3 Å². The predicted octanol–water partition coefficient (Wildman–Crippen LogP) is 7.33. The fraction of sp³-hybridized carbons (Fsp3) is 0.692. The van der Waals surface area contributed by atoms with Crippen LogP contribution in [0.15, 0.2) is 24.3 Å². The smallest absolute Gasteiger partial charge is 0.120 e. The molecule has 2 rings (SSSR count). The first-order valence-corrected chi connectivity index (χ1v) is 10.2. The molecular weight excluding hydrogens is 529 g/mol. The third-order valence-electron chi connectivity index (χ3n) is 3.96. The van der Waals surface area contributed by atoms with E-state index in [1.54, 1.807) is 0 Å². The van der Waals surface area contributed by atoms with Crippen LogP contribution in [0.2, 0.25) is 0 Å². The normalized spacial score (nSPS) is 38.2. The van der Waals surface area contributed by atoms with Crippen molar-refractivity contribution in [2.24, 2.45) is 5.92 Å². The minimum Gasteiger partial charge on any atom is -0.120 e. The largest absolute Gasteiger partial charge is 0.174 e. The van der Waals surface area contributed by atoms with Gasteiger partial charge in [0.25, 0.3) is 0 Å². The molecule has 1 saturated carbocycles. The van der Waals surface area contributed by atoms with Gasteiger partial charge in [-0.3, -0.25) is 0 Å². The summed E-state index contributed by atoms with van der Waals surface area (Å²) in [6.07, 6.45) is 9.62. The lowest BCUT2D eigenvalue weighted by molar-refractivity contribution is 0.341. The van der Waals surface area contributed by atoms with Gasteiger partial charge in [0.2, 0.25) is 0 Å². The summed E-state index contributed by atoms with van der Waals surface area (Å²) in [7, 11) is 0. The van der Waals surface area contributed by atoms with Crippen LogP contribution in [-0.4, -0.2) is 22.2 Å². The lowest BCUT2D eigenvalue weighted by Crippen LogP contribution is -2.66. The molecule has 2 aliphatic rings. The van der Waals surface area contributed by atoms with E-state index < -0.39 is 22.2 Å². The Bertz CT molecular complexity index is 461. The zero-order chi connectivity index (χ0) is 16.1. The zero-order valence-corrected chi connectivity index (χ0v) is 18.3. The molecule has 1 fully saturated rings. The second kappa shape index (κ2) is 6.48. The molecule has 0 aromatic rings. The van der Waals surface area contributed by atoms with E-state index in [1.165, 1.54) is 0 Å². The summed E-state index contributed by atoms with van der Waals surface area (Å²) in [6.45, 7) is 0. The minimum absolute atomic E-state index is 0.258. The van der Waals surface area contributed by atoms with Crippen LogP contribution < -0.4 is 0 Å². The third-order valence-corrected chi connectivity index (χ3v) is 11.0. The molecular formula is C13H12Br2Cl6. The number of hydrogen-bond donors (Lipinski definition) is 0. The molecule has 2 aliphatic carbocycles. The van der Waals surface area contributed by atoms with E-state index >= 15 is 0 Å². The molecule has 0 aromatic heterocycles. The topological polar surface area (TPSA) is 0 Å². The van der Waals surface area contributed by atoms with E-state index in [0.29, 0.717) is 12.8 Å². The molecule has 0 aromatic carbocycles. The summed E-state index contributed by atoms with van der Waals surface area (Å²) in [5.41, 5.74) is 0. The van der Waals surface area contributed by atoms with Gasteiger partial charge >= 0.3 is 0 Å². The maximum Gasteiger partial charge on any atom is 0.174 e. The third kappa shape index (κ3) is 2.97. The highest BCUT2D eigenvalue weighted by Crippen LogP contribution is 2.67. The van der Waals surface area contributed by atoms with Crippen molar-refractivity contribution in [1.29, 1.82) is 0 Å². The summed E-state index contributed by atoms with van der Waals surface area (Å²) in [6, 6.07) is 0. The molecule has 0 aliphatic heterocycles. The second-order valence-electron chi connectivity index (χ2n) is 5.27. The first-order chi connectivity index (χ1) is 9.48. The van der Waals surface area contributed by atoms with Gasteiger partial charge in [-0.1, -0.05) is 103 Å². The van der Waals surface area contributed by atoms with Gasteiger partial charge in [-0.25, -0.2) is 0 Å². The first-order valence-electron chi connectivity index (χ1n) is 6.30. The van der Waals surface area contributed by atoms with Crippen molar-refractivity contribution >= 4 is 101 Å². The molecule has 0 radical (unpaired) electrons. The van der Waals surface area contributed by atoms with Crippen LogP contribution in [0.25, 0.3) is 0 Å². The molecule has 0 heterocycles. The fourth-order valence-corrected chi connectivity index (χ4v) is 7.10. The highest BCUT2D eigenvalue weighted by atomic mass is 79.9. The van der Waals surface area contributed by atoms with E-state index in [4.69, 9.17) is 69.6 Å².